The Bertz CT molecular complexity index is 521. The summed E-state index contributed by atoms with van der Waals surface area (Å²) in [4.78, 5) is 23.0. The highest BCUT2D eigenvalue weighted by atomic mass is 35.5. The van der Waals surface area contributed by atoms with Gasteiger partial charge in [-0.25, -0.2) is 4.79 Å². The minimum atomic E-state index is -1.29. The molecular formula is C14H14ClNO4. The molecule has 0 aromatic heterocycles. The SMILES string of the molecule is CCOC(=O)C(OC(C)=O)C(C#N)c1ccc(Cl)cc1. The van der Waals surface area contributed by atoms with Crippen molar-refractivity contribution in [3.05, 3.63) is 34.9 Å². The Labute approximate surface area is 122 Å². The number of benzene rings is 1. The van der Waals surface area contributed by atoms with Crippen LogP contribution in [0.4, 0.5) is 0 Å². The molecule has 0 heterocycles. The molecule has 0 aliphatic rings. The first-order chi connectivity index (χ1) is 9.49. The summed E-state index contributed by atoms with van der Waals surface area (Å²) in [6.07, 6.45) is -1.29. The molecule has 1 aromatic carbocycles. The maximum atomic E-state index is 11.8. The van der Waals surface area contributed by atoms with Gasteiger partial charge in [0.25, 0.3) is 0 Å². The first kappa shape index (κ1) is 16.0. The third kappa shape index (κ3) is 4.25. The van der Waals surface area contributed by atoms with E-state index in [-0.39, 0.29) is 6.61 Å². The minimum absolute atomic E-state index is 0.134. The molecule has 20 heavy (non-hydrogen) atoms. The van der Waals surface area contributed by atoms with E-state index in [1.807, 2.05) is 6.07 Å². The number of carbonyl (C=O) groups excluding carboxylic acids is 2. The quantitative estimate of drug-likeness (QED) is 0.780. The van der Waals surface area contributed by atoms with Crippen LogP contribution in [0.15, 0.2) is 24.3 Å². The van der Waals surface area contributed by atoms with Gasteiger partial charge in [-0.15, -0.1) is 0 Å². The number of hydrogen-bond donors (Lipinski definition) is 0. The maximum Gasteiger partial charge on any atom is 0.349 e. The van der Waals surface area contributed by atoms with E-state index in [1.165, 1.54) is 6.92 Å². The smallest absolute Gasteiger partial charge is 0.349 e. The Morgan fingerprint density at radius 3 is 2.40 bits per heavy atom. The fourth-order valence-electron chi connectivity index (χ4n) is 1.64. The van der Waals surface area contributed by atoms with E-state index in [9.17, 15) is 14.9 Å². The molecule has 6 heteroatoms. The first-order valence-electron chi connectivity index (χ1n) is 5.98. The molecule has 106 valence electrons. The van der Waals surface area contributed by atoms with Gasteiger partial charge in [-0.2, -0.15) is 5.26 Å². The van der Waals surface area contributed by atoms with Gasteiger partial charge in [-0.05, 0) is 24.6 Å². The van der Waals surface area contributed by atoms with Gasteiger partial charge in [0.05, 0.1) is 12.7 Å². The topological polar surface area (TPSA) is 76.4 Å². The van der Waals surface area contributed by atoms with Crippen molar-refractivity contribution in [2.75, 3.05) is 6.61 Å². The lowest BCUT2D eigenvalue weighted by Gasteiger charge is -2.20. The highest BCUT2D eigenvalue weighted by molar-refractivity contribution is 6.30. The number of ether oxygens (including phenoxy) is 2. The van der Waals surface area contributed by atoms with Gasteiger partial charge in [-0.3, -0.25) is 4.79 Å². The van der Waals surface area contributed by atoms with Crippen LogP contribution in [0.2, 0.25) is 5.02 Å². The van der Waals surface area contributed by atoms with Crippen molar-refractivity contribution in [2.45, 2.75) is 25.9 Å². The van der Waals surface area contributed by atoms with Crippen LogP contribution in [-0.4, -0.2) is 24.6 Å². The molecule has 0 amide bonds. The second-order valence-corrected chi connectivity index (χ2v) is 4.38. The zero-order valence-electron chi connectivity index (χ0n) is 11.1. The Kier molecular flexibility index (Phi) is 6.01. The molecule has 0 radical (unpaired) electrons. The van der Waals surface area contributed by atoms with Crippen molar-refractivity contribution in [1.82, 2.24) is 0 Å². The Morgan fingerprint density at radius 1 is 1.35 bits per heavy atom. The normalized spacial score (nSPS) is 12.9. The monoisotopic (exact) mass is 295 g/mol. The van der Waals surface area contributed by atoms with Crippen LogP contribution in [0.25, 0.3) is 0 Å². The molecule has 2 atom stereocenters. The van der Waals surface area contributed by atoms with Gasteiger partial charge in [-0.1, -0.05) is 23.7 Å². The van der Waals surface area contributed by atoms with Crippen LogP contribution < -0.4 is 0 Å². The summed E-state index contributed by atoms with van der Waals surface area (Å²) in [5.41, 5.74) is 0.524. The number of hydrogen-bond acceptors (Lipinski definition) is 5. The fraction of sp³-hybridized carbons (Fsp3) is 0.357. The van der Waals surface area contributed by atoms with Crippen molar-refractivity contribution in [1.29, 1.82) is 5.26 Å². The highest BCUT2D eigenvalue weighted by Crippen LogP contribution is 2.24. The average Bonchev–Trinajstić information content (AvgIpc) is 2.40. The number of rotatable bonds is 5. The largest absolute Gasteiger partial charge is 0.463 e. The summed E-state index contributed by atoms with van der Waals surface area (Å²) in [6.45, 7) is 2.93. The third-order valence-corrected chi connectivity index (χ3v) is 2.73. The summed E-state index contributed by atoms with van der Waals surface area (Å²) >= 11 is 5.78. The lowest BCUT2D eigenvalue weighted by atomic mass is 9.94. The second-order valence-electron chi connectivity index (χ2n) is 3.94. The van der Waals surface area contributed by atoms with Crippen LogP contribution in [0.1, 0.15) is 25.3 Å². The second kappa shape index (κ2) is 7.51. The van der Waals surface area contributed by atoms with E-state index in [4.69, 9.17) is 21.1 Å². The lowest BCUT2D eigenvalue weighted by molar-refractivity contribution is -0.167. The Hall–Kier alpha value is -2.06. The van der Waals surface area contributed by atoms with E-state index in [0.29, 0.717) is 10.6 Å². The van der Waals surface area contributed by atoms with Crippen LogP contribution in [0.3, 0.4) is 0 Å². The number of nitriles is 1. The predicted octanol–water partition coefficient (Wildman–Crippen LogP) is 2.44. The summed E-state index contributed by atoms with van der Waals surface area (Å²) in [7, 11) is 0. The minimum Gasteiger partial charge on any atom is -0.463 e. The van der Waals surface area contributed by atoms with Crippen LogP contribution in [-0.2, 0) is 19.1 Å². The van der Waals surface area contributed by atoms with Gasteiger partial charge < -0.3 is 9.47 Å². The zero-order chi connectivity index (χ0) is 15.1. The van der Waals surface area contributed by atoms with E-state index >= 15 is 0 Å². The third-order valence-electron chi connectivity index (χ3n) is 2.48. The van der Waals surface area contributed by atoms with Crippen molar-refractivity contribution in [3.63, 3.8) is 0 Å². The molecule has 0 spiro atoms. The maximum absolute atomic E-state index is 11.8. The van der Waals surface area contributed by atoms with E-state index in [1.54, 1.807) is 31.2 Å². The van der Waals surface area contributed by atoms with Gasteiger partial charge in [0.2, 0.25) is 6.10 Å². The predicted molar refractivity (Wildman–Crippen MR) is 72.0 cm³/mol. The molecule has 0 aliphatic heterocycles. The summed E-state index contributed by atoms with van der Waals surface area (Å²) in [5, 5.41) is 9.77. The molecule has 1 aromatic rings. The molecule has 0 N–H and O–H groups in total. The average molecular weight is 296 g/mol. The van der Waals surface area contributed by atoms with Crippen molar-refractivity contribution >= 4 is 23.5 Å². The Balaban J connectivity index is 3.07. The Morgan fingerprint density at radius 2 is 1.95 bits per heavy atom. The van der Waals surface area contributed by atoms with Crippen LogP contribution in [0.5, 0.6) is 0 Å². The molecule has 0 bridgehead atoms. The number of esters is 2. The van der Waals surface area contributed by atoms with Gasteiger partial charge in [0.15, 0.2) is 0 Å². The number of carbonyl (C=O) groups is 2. The van der Waals surface area contributed by atoms with Crippen LogP contribution >= 0.6 is 11.6 Å². The van der Waals surface area contributed by atoms with Gasteiger partial charge in [0, 0.05) is 11.9 Å². The molecule has 2 unspecified atom stereocenters. The van der Waals surface area contributed by atoms with Crippen molar-refractivity contribution in [3.8, 4) is 6.07 Å². The molecule has 0 saturated carbocycles. The van der Waals surface area contributed by atoms with Crippen LogP contribution in [0, 0.1) is 11.3 Å². The fourth-order valence-corrected chi connectivity index (χ4v) is 1.77. The van der Waals surface area contributed by atoms with E-state index in [2.05, 4.69) is 0 Å². The highest BCUT2D eigenvalue weighted by Gasteiger charge is 2.34. The lowest BCUT2D eigenvalue weighted by Crippen LogP contribution is -2.34. The molecule has 0 fully saturated rings. The zero-order valence-corrected chi connectivity index (χ0v) is 11.9. The summed E-state index contributed by atoms with van der Waals surface area (Å²) in [5.74, 6) is -2.35. The first-order valence-corrected chi connectivity index (χ1v) is 6.36. The summed E-state index contributed by atoms with van der Waals surface area (Å²) < 4.78 is 9.77. The number of nitrogens with zero attached hydrogens (tertiary/aromatic N) is 1. The molecule has 5 nitrogen and oxygen atoms in total. The molecule has 0 aliphatic carbocycles. The van der Waals surface area contributed by atoms with Crippen molar-refractivity contribution in [2.24, 2.45) is 0 Å². The summed E-state index contributed by atoms with van der Waals surface area (Å²) in [6, 6.07) is 8.36. The van der Waals surface area contributed by atoms with E-state index < -0.39 is 24.0 Å². The number of halogens is 1. The molecular weight excluding hydrogens is 282 g/mol. The van der Waals surface area contributed by atoms with E-state index in [0.717, 1.165) is 0 Å². The van der Waals surface area contributed by atoms with Crippen molar-refractivity contribution < 1.29 is 19.1 Å². The van der Waals surface area contributed by atoms with Gasteiger partial charge >= 0.3 is 11.9 Å². The van der Waals surface area contributed by atoms with Gasteiger partial charge in [0.1, 0.15) is 5.92 Å². The standard InChI is InChI=1S/C14H14ClNO4/c1-3-19-14(18)13(20-9(2)17)12(8-16)10-4-6-11(15)7-5-10/h4-7,12-13H,3H2,1-2H3. The molecule has 1 rings (SSSR count). The molecule has 0 saturated heterocycles.